The van der Waals surface area contributed by atoms with Crippen LogP contribution in [0.15, 0.2) is 0 Å². The molecule has 0 amide bonds. The lowest BCUT2D eigenvalue weighted by Crippen LogP contribution is -1.81. The zero-order valence-electron chi connectivity index (χ0n) is 5.33. The Kier molecular flexibility index (Phi) is 6.13. The summed E-state index contributed by atoms with van der Waals surface area (Å²) in [6.07, 6.45) is 2.77. The van der Waals surface area contributed by atoms with Crippen molar-refractivity contribution in [2.24, 2.45) is 0 Å². The van der Waals surface area contributed by atoms with Crippen LogP contribution in [0.1, 0.15) is 26.2 Å². The fourth-order valence-corrected chi connectivity index (χ4v) is 0.390. The van der Waals surface area contributed by atoms with Crippen molar-refractivity contribution in [3.05, 3.63) is 0 Å². The maximum absolute atomic E-state index is 6.77. The molecule has 0 fully saturated rings. The quantitative estimate of drug-likeness (QED) is 0.379. The average molecular weight is 110 g/mol. The Bertz CT molecular complexity index is 86.3. The minimum atomic E-state index is 0.512. The largest absolute Gasteiger partial charge is 0.258 e. The normalized spacial score (nSPS) is 7.75. The second kappa shape index (κ2) is 6.52. The molecule has 0 aromatic rings. The van der Waals surface area contributed by atoms with Gasteiger partial charge in [0.25, 0.3) is 0 Å². The van der Waals surface area contributed by atoms with Crippen molar-refractivity contribution in [3.63, 3.8) is 0 Å². The summed E-state index contributed by atoms with van der Waals surface area (Å²) in [7, 11) is 0. The van der Waals surface area contributed by atoms with E-state index >= 15 is 0 Å². The molecule has 0 rings (SSSR count). The summed E-state index contributed by atoms with van der Waals surface area (Å²) in [5.41, 5.74) is 6.77. The van der Waals surface area contributed by atoms with Crippen LogP contribution >= 0.6 is 0 Å². The highest BCUT2D eigenvalue weighted by atomic mass is 14.5. The van der Waals surface area contributed by atoms with E-state index < -0.39 is 0 Å². The summed E-state index contributed by atoms with van der Waals surface area (Å²) in [6.45, 7) is 2.55. The average Bonchev–Trinajstić information content (AvgIpc) is 1.81. The molecule has 0 unspecified atom stereocenters. The third-order valence-electron chi connectivity index (χ3n) is 0.780. The molecule has 1 N–H and O–H groups in total. The fourth-order valence-electron chi connectivity index (χ4n) is 0.390. The maximum atomic E-state index is 6.77. The second-order valence-corrected chi connectivity index (χ2v) is 1.56. The standard InChI is InChI=1S/C7H12N/c1-2-3-4-5-6-7-8/h8H,2,5-7H2,1H3. The summed E-state index contributed by atoms with van der Waals surface area (Å²) in [6, 6.07) is 0. The Morgan fingerprint density at radius 3 is 2.62 bits per heavy atom. The van der Waals surface area contributed by atoms with Crippen LogP contribution in [0.5, 0.6) is 0 Å². The van der Waals surface area contributed by atoms with E-state index in [0.717, 1.165) is 19.3 Å². The predicted octanol–water partition coefficient (Wildman–Crippen LogP) is 1.46. The molecule has 0 aromatic carbocycles. The smallest absolute Gasteiger partial charge is 0.0109 e. The van der Waals surface area contributed by atoms with Gasteiger partial charge in [0.1, 0.15) is 0 Å². The number of nitrogens with one attached hydrogen (secondary N) is 1. The van der Waals surface area contributed by atoms with Crippen LogP contribution in [0.25, 0.3) is 0 Å². The molecule has 1 nitrogen and oxygen atoms in total. The van der Waals surface area contributed by atoms with Crippen LogP contribution in [0.2, 0.25) is 0 Å². The first-order valence-corrected chi connectivity index (χ1v) is 3.02. The van der Waals surface area contributed by atoms with Gasteiger partial charge in [-0.25, -0.2) is 0 Å². The Morgan fingerprint density at radius 1 is 1.38 bits per heavy atom. The molecule has 8 heavy (non-hydrogen) atoms. The summed E-state index contributed by atoms with van der Waals surface area (Å²) >= 11 is 0. The van der Waals surface area contributed by atoms with Crippen molar-refractivity contribution in [2.45, 2.75) is 26.2 Å². The third kappa shape index (κ3) is 5.52. The summed E-state index contributed by atoms with van der Waals surface area (Å²) < 4.78 is 0. The van der Waals surface area contributed by atoms with Crippen LogP contribution in [-0.4, -0.2) is 6.54 Å². The van der Waals surface area contributed by atoms with Crippen LogP contribution < -0.4 is 5.73 Å². The topological polar surface area (TPSA) is 23.8 Å². The van der Waals surface area contributed by atoms with Gasteiger partial charge in [0.2, 0.25) is 0 Å². The van der Waals surface area contributed by atoms with Gasteiger partial charge in [0, 0.05) is 19.4 Å². The Balaban J connectivity index is 2.90. The molecule has 0 bridgehead atoms. The monoisotopic (exact) mass is 110 g/mol. The van der Waals surface area contributed by atoms with E-state index in [1.807, 2.05) is 6.92 Å². The van der Waals surface area contributed by atoms with Gasteiger partial charge >= 0.3 is 0 Å². The molecule has 0 spiro atoms. The molecule has 0 heterocycles. The van der Waals surface area contributed by atoms with Crippen molar-refractivity contribution >= 4 is 0 Å². The van der Waals surface area contributed by atoms with Crippen LogP contribution in [0.3, 0.4) is 0 Å². The van der Waals surface area contributed by atoms with Gasteiger partial charge in [0.15, 0.2) is 0 Å². The molecule has 0 aliphatic heterocycles. The van der Waals surface area contributed by atoms with E-state index in [4.69, 9.17) is 5.73 Å². The molecule has 45 valence electrons. The molecule has 1 heteroatoms. The van der Waals surface area contributed by atoms with Gasteiger partial charge < -0.3 is 0 Å². The SMILES string of the molecule is CCC#CCCC[NH]. The third-order valence-corrected chi connectivity index (χ3v) is 0.780. The minimum Gasteiger partial charge on any atom is -0.258 e. The van der Waals surface area contributed by atoms with Crippen molar-refractivity contribution in [1.29, 1.82) is 0 Å². The zero-order chi connectivity index (χ0) is 6.24. The van der Waals surface area contributed by atoms with Gasteiger partial charge in [-0.3, -0.25) is 5.73 Å². The first kappa shape index (κ1) is 7.52. The molecule has 0 aliphatic rings. The minimum absolute atomic E-state index is 0.512. The molecular weight excluding hydrogens is 98.1 g/mol. The predicted molar refractivity (Wildman–Crippen MR) is 35.3 cm³/mol. The number of hydrogen-bond acceptors (Lipinski definition) is 0. The second-order valence-electron chi connectivity index (χ2n) is 1.56. The molecule has 0 saturated carbocycles. The highest BCUT2D eigenvalue weighted by molar-refractivity contribution is 4.97. The van der Waals surface area contributed by atoms with E-state index in [0.29, 0.717) is 6.54 Å². The zero-order valence-corrected chi connectivity index (χ0v) is 5.33. The molecule has 0 aromatic heterocycles. The van der Waals surface area contributed by atoms with Gasteiger partial charge in [0.05, 0.1) is 0 Å². The molecule has 1 radical (unpaired) electrons. The molecular formula is C7H12N. The first-order chi connectivity index (χ1) is 3.91. The first-order valence-electron chi connectivity index (χ1n) is 3.02. The van der Waals surface area contributed by atoms with Crippen molar-refractivity contribution < 1.29 is 0 Å². The van der Waals surface area contributed by atoms with Crippen molar-refractivity contribution in [2.75, 3.05) is 6.54 Å². The number of rotatable bonds is 2. The summed E-state index contributed by atoms with van der Waals surface area (Å²) in [5, 5.41) is 0. The van der Waals surface area contributed by atoms with Crippen LogP contribution in [0, 0.1) is 11.8 Å². The lowest BCUT2D eigenvalue weighted by atomic mass is 10.3. The molecule has 0 aliphatic carbocycles. The van der Waals surface area contributed by atoms with E-state index in [2.05, 4.69) is 11.8 Å². The van der Waals surface area contributed by atoms with Crippen LogP contribution in [-0.2, 0) is 0 Å². The highest BCUT2D eigenvalue weighted by Crippen LogP contribution is 1.82. The van der Waals surface area contributed by atoms with Gasteiger partial charge in [-0.2, -0.15) is 0 Å². The van der Waals surface area contributed by atoms with E-state index in [9.17, 15) is 0 Å². The fraction of sp³-hybridized carbons (Fsp3) is 0.714. The molecule has 0 atom stereocenters. The van der Waals surface area contributed by atoms with E-state index in [-0.39, 0.29) is 0 Å². The number of hydrogen-bond donors (Lipinski definition) is 0. The Labute approximate surface area is 51.3 Å². The van der Waals surface area contributed by atoms with E-state index in [1.165, 1.54) is 0 Å². The summed E-state index contributed by atoms with van der Waals surface area (Å²) in [4.78, 5) is 0. The lowest BCUT2D eigenvalue weighted by molar-refractivity contribution is 0.850. The summed E-state index contributed by atoms with van der Waals surface area (Å²) in [5.74, 6) is 5.92. The van der Waals surface area contributed by atoms with E-state index in [1.54, 1.807) is 0 Å². The maximum Gasteiger partial charge on any atom is 0.0109 e. The number of unbranched alkanes of at least 4 members (excludes halogenated alkanes) is 1. The Hall–Kier alpha value is -0.480. The van der Waals surface area contributed by atoms with Crippen molar-refractivity contribution in [1.82, 2.24) is 5.73 Å². The van der Waals surface area contributed by atoms with Crippen molar-refractivity contribution in [3.8, 4) is 11.8 Å². The lowest BCUT2D eigenvalue weighted by Gasteiger charge is -1.81. The van der Waals surface area contributed by atoms with Gasteiger partial charge in [-0.15, -0.1) is 11.8 Å². The Morgan fingerprint density at radius 2 is 2.12 bits per heavy atom. The van der Waals surface area contributed by atoms with Gasteiger partial charge in [-0.1, -0.05) is 6.92 Å². The molecule has 0 saturated heterocycles. The van der Waals surface area contributed by atoms with Gasteiger partial charge in [-0.05, 0) is 6.42 Å². The van der Waals surface area contributed by atoms with Crippen LogP contribution in [0.4, 0.5) is 0 Å². The highest BCUT2D eigenvalue weighted by Gasteiger charge is 1.74.